The van der Waals surface area contributed by atoms with E-state index >= 15 is 0 Å². The van der Waals surface area contributed by atoms with Crippen LogP contribution in [0.4, 0.5) is 0 Å². The first kappa shape index (κ1) is 16.9. The number of nitrogens with two attached hydrogens (primary N) is 1. The molecule has 18 heavy (non-hydrogen) atoms. The standard InChI is InChI=1S/C14H28N2O2/c1-5-8-9-14(4,7-3)13(18)16(10-6-2)11-12(15)17/h5-11H2,1-4H3,(H2,15,17). The smallest absolute Gasteiger partial charge is 0.237 e. The summed E-state index contributed by atoms with van der Waals surface area (Å²) < 4.78 is 0. The summed E-state index contributed by atoms with van der Waals surface area (Å²) in [4.78, 5) is 25.2. The molecule has 0 aliphatic carbocycles. The van der Waals surface area contributed by atoms with Crippen molar-refractivity contribution in [3.63, 3.8) is 0 Å². The Labute approximate surface area is 111 Å². The Morgan fingerprint density at radius 1 is 1.17 bits per heavy atom. The van der Waals surface area contributed by atoms with E-state index in [9.17, 15) is 9.59 Å². The van der Waals surface area contributed by atoms with Crippen LogP contribution in [-0.4, -0.2) is 29.8 Å². The average molecular weight is 256 g/mol. The molecule has 0 aromatic rings. The van der Waals surface area contributed by atoms with Crippen LogP contribution in [0.5, 0.6) is 0 Å². The fraction of sp³-hybridized carbons (Fsp3) is 0.857. The van der Waals surface area contributed by atoms with Crippen LogP contribution < -0.4 is 5.73 Å². The van der Waals surface area contributed by atoms with Gasteiger partial charge in [-0.3, -0.25) is 9.59 Å². The topological polar surface area (TPSA) is 63.4 Å². The highest BCUT2D eigenvalue weighted by molar-refractivity contribution is 5.87. The van der Waals surface area contributed by atoms with Crippen LogP contribution in [0.2, 0.25) is 0 Å². The number of carbonyl (C=O) groups is 2. The monoisotopic (exact) mass is 256 g/mol. The highest BCUT2D eigenvalue weighted by Crippen LogP contribution is 2.30. The van der Waals surface area contributed by atoms with Crippen molar-refractivity contribution < 1.29 is 9.59 Å². The molecule has 0 aliphatic heterocycles. The second-order valence-electron chi connectivity index (χ2n) is 5.21. The van der Waals surface area contributed by atoms with Crippen LogP contribution >= 0.6 is 0 Å². The predicted molar refractivity (Wildman–Crippen MR) is 74.0 cm³/mol. The summed E-state index contributed by atoms with van der Waals surface area (Å²) in [5, 5.41) is 0. The van der Waals surface area contributed by atoms with Crippen molar-refractivity contribution in [3.05, 3.63) is 0 Å². The Morgan fingerprint density at radius 2 is 1.78 bits per heavy atom. The molecule has 0 radical (unpaired) electrons. The number of unbranched alkanes of at least 4 members (excludes halogenated alkanes) is 1. The number of hydrogen-bond acceptors (Lipinski definition) is 2. The Bertz CT molecular complexity index is 279. The van der Waals surface area contributed by atoms with Gasteiger partial charge in [-0.25, -0.2) is 0 Å². The van der Waals surface area contributed by atoms with Gasteiger partial charge in [0.2, 0.25) is 11.8 Å². The van der Waals surface area contributed by atoms with E-state index in [-0.39, 0.29) is 17.9 Å². The number of amides is 2. The van der Waals surface area contributed by atoms with Crippen molar-refractivity contribution in [2.24, 2.45) is 11.1 Å². The molecule has 4 heteroatoms. The number of hydrogen-bond donors (Lipinski definition) is 1. The largest absolute Gasteiger partial charge is 0.368 e. The minimum absolute atomic E-state index is 0.0361. The molecule has 0 aliphatic rings. The van der Waals surface area contributed by atoms with Crippen LogP contribution in [0, 0.1) is 5.41 Å². The summed E-state index contributed by atoms with van der Waals surface area (Å²) in [6, 6.07) is 0. The molecule has 4 nitrogen and oxygen atoms in total. The van der Waals surface area contributed by atoms with E-state index in [2.05, 4.69) is 6.92 Å². The lowest BCUT2D eigenvalue weighted by molar-refractivity contribution is -0.144. The zero-order chi connectivity index (χ0) is 14.2. The van der Waals surface area contributed by atoms with Gasteiger partial charge >= 0.3 is 0 Å². The lowest BCUT2D eigenvalue weighted by Crippen LogP contribution is -2.46. The molecule has 1 atom stereocenters. The minimum Gasteiger partial charge on any atom is -0.368 e. The highest BCUT2D eigenvalue weighted by Gasteiger charge is 2.34. The molecule has 0 bridgehead atoms. The van der Waals surface area contributed by atoms with Crippen molar-refractivity contribution in [2.75, 3.05) is 13.1 Å². The molecule has 0 aromatic heterocycles. The van der Waals surface area contributed by atoms with Crippen molar-refractivity contribution >= 4 is 11.8 Å². The number of primary amides is 1. The summed E-state index contributed by atoms with van der Waals surface area (Å²) in [5.41, 5.74) is 4.85. The second kappa shape index (κ2) is 8.11. The third-order valence-corrected chi connectivity index (χ3v) is 3.51. The number of carbonyl (C=O) groups excluding carboxylic acids is 2. The van der Waals surface area contributed by atoms with E-state index in [1.165, 1.54) is 0 Å². The van der Waals surface area contributed by atoms with Gasteiger partial charge in [0.25, 0.3) is 0 Å². The third kappa shape index (κ3) is 5.07. The molecule has 0 heterocycles. The van der Waals surface area contributed by atoms with Gasteiger partial charge in [0.15, 0.2) is 0 Å². The van der Waals surface area contributed by atoms with Crippen molar-refractivity contribution in [3.8, 4) is 0 Å². The molecule has 0 spiro atoms. The maximum atomic E-state index is 12.5. The molecule has 0 saturated carbocycles. The minimum atomic E-state index is -0.439. The van der Waals surface area contributed by atoms with Gasteiger partial charge in [0.1, 0.15) is 0 Å². The van der Waals surface area contributed by atoms with E-state index in [0.29, 0.717) is 6.54 Å². The first-order chi connectivity index (χ1) is 8.41. The van der Waals surface area contributed by atoms with E-state index in [4.69, 9.17) is 5.73 Å². The van der Waals surface area contributed by atoms with Gasteiger partial charge in [-0.05, 0) is 19.3 Å². The molecule has 2 N–H and O–H groups in total. The zero-order valence-electron chi connectivity index (χ0n) is 12.3. The average Bonchev–Trinajstić information content (AvgIpc) is 2.34. The first-order valence-electron chi connectivity index (χ1n) is 6.98. The fourth-order valence-electron chi connectivity index (χ4n) is 2.09. The third-order valence-electron chi connectivity index (χ3n) is 3.51. The maximum absolute atomic E-state index is 12.5. The van der Waals surface area contributed by atoms with Crippen LogP contribution in [-0.2, 0) is 9.59 Å². The molecule has 106 valence electrons. The van der Waals surface area contributed by atoms with Gasteiger partial charge in [-0.15, -0.1) is 0 Å². The van der Waals surface area contributed by atoms with Crippen molar-refractivity contribution in [2.45, 2.75) is 59.8 Å². The van der Waals surface area contributed by atoms with E-state index in [1.54, 1.807) is 4.90 Å². The van der Waals surface area contributed by atoms with Crippen LogP contribution in [0.3, 0.4) is 0 Å². The first-order valence-corrected chi connectivity index (χ1v) is 6.98. The molecule has 2 amide bonds. The summed E-state index contributed by atoms with van der Waals surface area (Å²) in [6.07, 6.45) is 4.62. The number of rotatable bonds is 9. The summed E-state index contributed by atoms with van der Waals surface area (Å²) in [5.74, 6) is -0.371. The normalized spacial score (nSPS) is 14.0. The van der Waals surface area contributed by atoms with Crippen LogP contribution in [0.1, 0.15) is 59.8 Å². The molecule has 1 unspecified atom stereocenters. The Balaban J connectivity index is 4.82. The lowest BCUT2D eigenvalue weighted by Gasteiger charge is -2.33. The molecule has 0 rings (SSSR count). The molecular formula is C14H28N2O2. The van der Waals surface area contributed by atoms with Crippen molar-refractivity contribution in [1.82, 2.24) is 4.90 Å². The Hall–Kier alpha value is -1.06. The van der Waals surface area contributed by atoms with E-state index in [0.717, 1.165) is 32.1 Å². The molecule has 0 aromatic carbocycles. The highest BCUT2D eigenvalue weighted by atomic mass is 16.2. The van der Waals surface area contributed by atoms with Gasteiger partial charge in [0, 0.05) is 12.0 Å². The van der Waals surface area contributed by atoms with Gasteiger partial charge < -0.3 is 10.6 Å². The molecule has 0 saturated heterocycles. The molecular weight excluding hydrogens is 228 g/mol. The second-order valence-corrected chi connectivity index (χ2v) is 5.21. The van der Waals surface area contributed by atoms with E-state index in [1.807, 2.05) is 20.8 Å². The quantitative estimate of drug-likeness (QED) is 0.688. The Kier molecular flexibility index (Phi) is 7.64. The lowest BCUT2D eigenvalue weighted by atomic mass is 9.81. The Morgan fingerprint density at radius 3 is 2.17 bits per heavy atom. The summed E-state index contributed by atoms with van der Waals surface area (Å²) in [7, 11) is 0. The predicted octanol–water partition coefficient (Wildman–Crippen LogP) is 2.32. The summed E-state index contributed by atoms with van der Waals surface area (Å²) in [6.45, 7) is 8.78. The van der Waals surface area contributed by atoms with Crippen molar-refractivity contribution in [1.29, 1.82) is 0 Å². The number of nitrogens with zero attached hydrogens (tertiary/aromatic N) is 1. The van der Waals surface area contributed by atoms with Gasteiger partial charge in [0.05, 0.1) is 6.54 Å². The summed E-state index contributed by atoms with van der Waals surface area (Å²) >= 11 is 0. The molecule has 0 fully saturated rings. The SMILES string of the molecule is CCCCC(C)(CC)C(=O)N(CCC)CC(N)=O. The van der Waals surface area contributed by atoms with Gasteiger partial charge in [-0.1, -0.05) is 40.5 Å². The van der Waals surface area contributed by atoms with E-state index < -0.39 is 5.91 Å². The fourth-order valence-corrected chi connectivity index (χ4v) is 2.09. The van der Waals surface area contributed by atoms with Crippen LogP contribution in [0.25, 0.3) is 0 Å². The maximum Gasteiger partial charge on any atom is 0.237 e. The van der Waals surface area contributed by atoms with Crippen LogP contribution in [0.15, 0.2) is 0 Å². The zero-order valence-corrected chi connectivity index (χ0v) is 12.3. The van der Waals surface area contributed by atoms with Gasteiger partial charge in [-0.2, -0.15) is 0 Å².